The maximum atomic E-state index is 12.6. The summed E-state index contributed by atoms with van der Waals surface area (Å²) in [4.78, 5) is 33.0. The van der Waals surface area contributed by atoms with Crippen molar-refractivity contribution in [1.82, 2.24) is 14.8 Å². The lowest BCUT2D eigenvalue weighted by molar-refractivity contribution is -0.131. The van der Waals surface area contributed by atoms with Gasteiger partial charge in [0, 0.05) is 46.1 Å². The Labute approximate surface area is 153 Å². The van der Waals surface area contributed by atoms with Crippen molar-refractivity contribution in [3.05, 3.63) is 29.0 Å². The molecule has 2 unspecified atom stereocenters. The molecule has 26 heavy (non-hydrogen) atoms. The maximum Gasteiger partial charge on any atom is 0.229 e. The van der Waals surface area contributed by atoms with Crippen LogP contribution in [0.25, 0.3) is 0 Å². The van der Waals surface area contributed by atoms with E-state index in [1.165, 1.54) is 11.1 Å². The molecule has 1 aromatic rings. The number of rotatable bonds is 4. The fraction of sp³-hybridized carbons (Fsp3) is 0.632. The monoisotopic (exact) mass is 359 g/mol. The molecule has 0 radical (unpaired) electrons. The van der Waals surface area contributed by atoms with Gasteiger partial charge in [0.25, 0.3) is 0 Å². The zero-order chi connectivity index (χ0) is 18.3. The second kappa shape index (κ2) is 6.87. The quantitative estimate of drug-likeness (QED) is 0.758. The average molecular weight is 359 g/mol. The van der Waals surface area contributed by atoms with Crippen LogP contribution in [0.5, 0.6) is 0 Å². The van der Waals surface area contributed by atoms with Crippen molar-refractivity contribution in [2.45, 2.75) is 39.2 Å². The molecule has 140 valence electrons. The van der Waals surface area contributed by atoms with Crippen LogP contribution in [0.4, 0.5) is 0 Å². The number of oxazole rings is 1. The highest BCUT2D eigenvalue weighted by Crippen LogP contribution is 2.29. The van der Waals surface area contributed by atoms with Crippen LogP contribution in [0.3, 0.4) is 0 Å². The van der Waals surface area contributed by atoms with Gasteiger partial charge in [-0.2, -0.15) is 0 Å². The van der Waals surface area contributed by atoms with Crippen LogP contribution < -0.4 is 0 Å². The third kappa shape index (κ3) is 3.40. The normalized spacial score (nSPS) is 25.3. The van der Waals surface area contributed by atoms with Gasteiger partial charge in [-0.1, -0.05) is 0 Å². The Morgan fingerprint density at radius 2 is 1.81 bits per heavy atom. The summed E-state index contributed by atoms with van der Waals surface area (Å²) < 4.78 is 10.7. The standard InChI is InChI=1S/C19H25N3O4/c1-12-14(3-4-25-12)5-18(23)21-7-15-9-22(10-16(15)8-21)19(24)6-17-11-26-13(2)20-17/h11-12,14H,3-10H2,1-2H3. The SMILES string of the molecule is Cc1nc(CC(=O)N2CC3=C(C2)CN(C(=O)CC2CCOC2C)C3)co1. The van der Waals surface area contributed by atoms with E-state index in [1.807, 2.05) is 16.7 Å². The van der Waals surface area contributed by atoms with Crippen molar-refractivity contribution in [2.75, 3.05) is 32.8 Å². The Morgan fingerprint density at radius 3 is 2.35 bits per heavy atom. The van der Waals surface area contributed by atoms with Crippen LogP contribution in [0.15, 0.2) is 21.8 Å². The van der Waals surface area contributed by atoms with E-state index in [2.05, 4.69) is 4.98 Å². The molecule has 7 nitrogen and oxygen atoms in total. The first-order valence-corrected chi connectivity index (χ1v) is 9.27. The van der Waals surface area contributed by atoms with Crippen LogP contribution in [0, 0.1) is 12.8 Å². The lowest BCUT2D eigenvalue weighted by Gasteiger charge is -2.24. The van der Waals surface area contributed by atoms with Gasteiger partial charge in [0.2, 0.25) is 11.8 Å². The number of aryl methyl sites for hydroxylation is 1. The molecule has 0 bridgehead atoms. The highest BCUT2D eigenvalue weighted by Gasteiger charge is 2.35. The van der Waals surface area contributed by atoms with Crippen molar-refractivity contribution < 1.29 is 18.7 Å². The highest BCUT2D eigenvalue weighted by molar-refractivity contribution is 5.81. The topological polar surface area (TPSA) is 75.9 Å². The second-order valence-electron chi connectivity index (χ2n) is 7.57. The first kappa shape index (κ1) is 17.3. The molecular weight excluding hydrogens is 334 g/mol. The lowest BCUT2D eigenvalue weighted by atomic mass is 9.98. The summed E-state index contributed by atoms with van der Waals surface area (Å²) >= 11 is 0. The van der Waals surface area contributed by atoms with E-state index in [-0.39, 0.29) is 24.3 Å². The zero-order valence-corrected chi connectivity index (χ0v) is 15.4. The molecule has 3 aliphatic heterocycles. The Bertz CT molecular complexity index is 736. The molecule has 0 aliphatic carbocycles. The minimum Gasteiger partial charge on any atom is -0.449 e. The number of aromatic nitrogens is 1. The number of carbonyl (C=O) groups is 2. The molecule has 0 aromatic carbocycles. The van der Waals surface area contributed by atoms with Crippen molar-refractivity contribution in [1.29, 1.82) is 0 Å². The van der Waals surface area contributed by atoms with E-state index < -0.39 is 0 Å². The molecule has 0 saturated carbocycles. The molecule has 4 rings (SSSR count). The molecule has 1 fully saturated rings. The summed E-state index contributed by atoms with van der Waals surface area (Å²) in [6.45, 7) is 7.13. The molecule has 2 atom stereocenters. The molecule has 0 N–H and O–H groups in total. The van der Waals surface area contributed by atoms with Crippen molar-refractivity contribution >= 4 is 11.8 Å². The van der Waals surface area contributed by atoms with Crippen LogP contribution in [-0.4, -0.2) is 65.5 Å². The molecular formula is C19H25N3O4. The molecule has 1 aromatic heterocycles. The fourth-order valence-electron chi connectivity index (χ4n) is 4.09. The van der Waals surface area contributed by atoms with E-state index >= 15 is 0 Å². The van der Waals surface area contributed by atoms with Gasteiger partial charge in [-0.3, -0.25) is 9.59 Å². The van der Waals surface area contributed by atoms with Gasteiger partial charge in [0.1, 0.15) is 6.26 Å². The zero-order valence-electron chi connectivity index (χ0n) is 15.4. The largest absolute Gasteiger partial charge is 0.449 e. The summed E-state index contributed by atoms with van der Waals surface area (Å²) in [7, 11) is 0. The van der Waals surface area contributed by atoms with E-state index in [4.69, 9.17) is 9.15 Å². The van der Waals surface area contributed by atoms with Crippen LogP contribution in [0.2, 0.25) is 0 Å². The third-order valence-corrected chi connectivity index (χ3v) is 5.70. The minimum absolute atomic E-state index is 0.0579. The van der Waals surface area contributed by atoms with Gasteiger partial charge in [0.15, 0.2) is 5.89 Å². The summed E-state index contributed by atoms with van der Waals surface area (Å²) in [6, 6.07) is 0. The summed E-state index contributed by atoms with van der Waals surface area (Å²) in [5, 5.41) is 0. The van der Waals surface area contributed by atoms with Crippen LogP contribution in [0.1, 0.15) is 31.4 Å². The van der Waals surface area contributed by atoms with Crippen molar-refractivity contribution in [3.63, 3.8) is 0 Å². The Hall–Kier alpha value is -2.15. The van der Waals surface area contributed by atoms with E-state index in [9.17, 15) is 9.59 Å². The van der Waals surface area contributed by atoms with Gasteiger partial charge in [0.05, 0.1) is 18.2 Å². The van der Waals surface area contributed by atoms with E-state index in [0.29, 0.717) is 50.1 Å². The summed E-state index contributed by atoms with van der Waals surface area (Å²) in [5.74, 6) is 1.17. The first-order chi connectivity index (χ1) is 12.5. The number of ether oxygens (including phenoxy) is 1. The van der Waals surface area contributed by atoms with Gasteiger partial charge in [-0.15, -0.1) is 0 Å². The van der Waals surface area contributed by atoms with Gasteiger partial charge in [-0.05, 0) is 30.4 Å². The molecule has 2 amide bonds. The maximum absolute atomic E-state index is 12.6. The molecule has 4 heterocycles. The number of hydrogen-bond donors (Lipinski definition) is 0. The molecule has 7 heteroatoms. The number of amides is 2. The average Bonchev–Trinajstić information content (AvgIpc) is 3.33. The Kier molecular flexibility index (Phi) is 4.56. The van der Waals surface area contributed by atoms with Crippen molar-refractivity contribution in [2.24, 2.45) is 5.92 Å². The van der Waals surface area contributed by atoms with Gasteiger partial charge in [-0.25, -0.2) is 4.98 Å². The van der Waals surface area contributed by atoms with E-state index in [0.717, 1.165) is 13.0 Å². The first-order valence-electron chi connectivity index (χ1n) is 9.27. The summed E-state index contributed by atoms with van der Waals surface area (Å²) in [6.07, 6.45) is 3.52. The smallest absolute Gasteiger partial charge is 0.229 e. The second-order valence-corrected chi connectivity index (χ2v) is 7.57. The Balaban J connectivity index is 1.27. The number of nitrogens with zero attached hydrogens (tertiary/aromatic N) is 3. The predicted octanol–water partition coefficient (Wildman–Crippen LogP) is 1.32. The lowest BCUT2D eigenvalue weighted by Crippen LogP contribution is -2.37. The Morgan fingerprint density at radius 1 is 1.15 bits per heavy atom. The third-order valence-electron chi connectivity index (χ3n) is 5.70. The summed E-state index contributed by atoms with van der Waals surface area (Å²) in [5.41, 5.74) is 3.11. The molecule has 0 spiro atoms. The fourth-order valence-corrected chi connectivity index (χ4v) is 4.09. The minimum atomic E-state index is 0.0579. The molecule has 1 saturated heterocycles. The molecule has 3 aliphatic rings. The van der Waals surface area contributed by atoms with Crippen LogP contribution >= 0.6 is 0 Å². The van der Waals surface area contributed by atoms with Gasteiger partial charge >= 0.3 is 0 Å². The predicted molar refractivity (Wildman–Crippen MR) is 93.3 cm³/mol. The van der Waals surface area contributed by atoms with Gasteiger partial charge < -0.3 is 19.0 Å². The van der Waals surface area contributed by atoms with Crippen LogP contribution in [-0.2, 0) is 20.7 Å². The number of hydrogen-bond acceptors (Lipinski definition) is 5. The number of carbonyl (C=O) groups excluding carboxylic acids is 2. The van der Waals surface area contributed by atoms with E-state index in [1.54, 1.807) is 13.2 Å². The highest BCUT2D eigenvalue weighted by atomic mass is 16.5. The van der Waals surface area contributed by atoms with Crippen molar-refractivity contribution in [3.8, 4) is 0 Å².